The SMILES string of the molecule is C[C@H](CCC(=O)NC1CC[N+](Cc2ccccc2)(c2ccccc2)CC1)[C@H]1CC[C@H]2[C@@H]3CCC4CCCC[C@]4(C)[C@H]3CC[C@]12C.[Br-]. The summed E-state index contributed by atoms with van der Waals surface area (Å²) in [5.41, 5.74) is 3.92. The van der Waals surface area contributed by atoms with Crippen LogP contribution in [0.25, 0.3) is 0 Å². The molecule has 46 heavy (non-hydrogen) atoms. The summed E-state index contributed by atoms with van der Waals surface area (Å²) in [5, 5.41) is 3.50. The lowest BCUT2D eigenvalue weighted by molar-refractivity contribution is -0.123. The number of carbonyl (C=O) groups excluding carboxylic acids is 1. The number of para-hydroxylation sites is 1. The normalized spacial score (nSPS) is 39.2. The molecule has 8 atom stereocenters. The second-order valence-electron chi connectivity index (χ2n) is 17.1. The van der Waals surface area contributed by atoms with E-state index in [1.54, 1.807) is 0 Å². The molecule has 3 nitrogen and oxygen atoms in total. The van der Waals surface area contributed by atoms with Gasteiger partial charge in [-0.25, -0.2) is 0 Å². The van der Waals surface area contributed by atoms with Crippen LogP contribution in [-0.2, 0) is 11.3 Å². The second kappa shape index (κ2) is 14.1. The van der Waals surface area contributed by atoms with Crippen LogP contribution in [0.15, 0.2) is 60.7 Å². The molecule has 4 heteroatoms. The highest BCUT2D eigenvalue weighted by molar-refractivity contribution is 5.76. The lowest BCUT2D eigenvalue weighted by atomic mass is 9.44. The highest BCUT2D eigenvalue weighted by atomic mass is 79.9. The number of hydrogen-bond donors (Lipinski definition) is 1. The van der Waals surface area contributed by atoms with Gasteiger partial charge in [-0.1, -0.05) is 82.1 Å². The Bertz CT molecular complexity index is 1290. The number of quaternary nitrogens is 1. The Morgan fingerprint density at radius 2 is 1.50 bits per heavy atom. The lowest BCUT2D eigenvalue weighted by Crippen LogP contribution is -3.00. The predicted octanol–water partition coefficient (Wildman–Crippen LogP) is 6.94. The molecule has 0 bridgehead atoms. The van der Waals surface area contributed by atoms with E-state index in [1.165, 1.54) is 75.5 Å². The summed E-state index contributed by atoms with van der Waals surface area (Å²) in [6, 6.07) is 22.3. The minimum Gasteiger partial charge on any atom is -1.00 e. The second-order valence-corrected chi connectivity index (χ2v) is 17.1. The number of nitrogens with zero attached hydrogens (tertiary/aromatic N) is 1. The molecule has 252 valence electrons. The summed E-state index contributed by atoms with van der Waals surface area (Å²) >= 11 is 0. The van der Waals surface area contributed by atoms with Crippen LogP contribution in [0.3, 0.4) is 0 Å². The number of halogens is 1. The minimum atomic E-state index is 0. The van der Waals surface area contributed by atoms with Crippen molar-refractivity contribution in [3.05, 3.63) is 66.2 Å². The van der Waals surface area contributed by atoms with Crippen LogP contribution < -0.4 is 26.8 Å². The van der Waals surface area contributed by atoms with Gasteiger partial charge in [0.2, 0.25) is 5.91 Å². The number of rotatable bonds is 8. The van der Waals surface area contributed by atoms with Crippen LogP contribution in [0.4, 0.5) is 5.69 Å². The van der Waals surface area contributed by atoms with Crippen LogP contribution in [0.2, 0.25) is 0 Å². The first-order chi connectivity index (χ1) is 21.8. The van der Waals surface area contributed by atoms with E-state index >= 15 is 0 Å². The van der Waals surface area contributed by atoms with Crippen LogP contribution in [0.5, 0.6) is 0 Å². The Morgan fingerprint density at radius 3 is 2.24 bits per heavy atom. The maximum Gasteiger partial charge on any atom is 0.220 e. The van der Waals surface area contributed by atoms with E-state index in [-0.39, 0.29) is 17.0 Å². The predicted molar refractivity (Wildman–Crippen MR) is 188 cm³/mol. The van der Waals surface area contributed by atoms with Crippen molar-refractivity contribution in [2.24, 2.45) is 46.3 Å². The minimum absolute atomic E-state index is 0. The van der Waals surface area contributed by atoms with E-state index in [0.29, 0.717) is 35.1 Å². The molecule has 2 aromatic carbocycles. The van der Waals surface area contributed by atoms with Crippen LogP contribution in [-0.4, -0.2) is 25.0 Å². The Morgan fingerprint density at radius 1 is 0.804 bits per heavy atom. The summed E-state index contributed by atoms with van der Waals surface area (Å²) in [5.74, 6) is 5.62. The monoisotopic (exact) mass is 688 g/mol. The molecule has 4 saturated carbocycles. The third kappa shape index (κ3) is 6.40. The molecular weight excluding hydrogens is 628 g/mol. The largest absolute Gasteiger partial charge is 1.00 e. The summed E-state index contributed by atoms with van der Waals surface area (Å²) in [6.07, 6.45) is 18.6. The fourth-order valence-electron chi connectivity index (χ4n) is 12.5. The maximum absolute atomic E-state index is 13.4. The number of nitrogens with one attached hydrogen (secondary N) is 1. The summed E-state index contributed by atoms with van der Waals surface area (Å²) in [6.45, 7) is 11.1. The summed E-state index contributed by atoms with van der Waals surface area (Å²) < 4.78 is 0.983. The van der Waals surface area contributed by atoms with Crippen LogP contribution >= 0.6 is 0 Å². The Hall–Kier alpha value is -1.65. The van der Waals surface area contributed by atoms with E-state index in [1.807, 2.05) is 0 Å². The molecule has 5 aliphatic rings. The first kappa shape index (κ1) is 34.2. The average molecular weight is 690 g/mol. The standard InChI is InChI=1S/C42H60N2O.BrH/c1-31(37-20-21-38-36-19-18-33-14-10-11-26-41(33,2)39(36)23-27-42(37,38)3)17-22-40(45)43-34-24-28-44(29-25-34,35-15-8-5-9-16-35)30-32-12-6-4-7-13-32;/h4-9,12-13,15-16,31,33-34,36-39H,10-11,14,17-30H2,1-3H3;1H/t31-,33?,34?,36+,37-,38+,39+,41+,42-,44?;/m1./s1. The molecule has 1 saturated heterocycles. The molecule has 5 fully saturated rings. The Kier molecular flexibility index (Phi) is 10.5. The van der Waals surface area contributed by atoms with Gasteiger partial charge >= 0.3 is 0 Å². The van der Waals surface area contributed by atoms with Crippen molar-refractivity contribution in [1.82, 2.24) is 9.80 Å². The first-order valence-corrected chi connectivity index (χ1v) is 19.1. The smallest absolute Gasteiger partial charge is 0.220 e. The van der Waals surface area contributed by atoms with Gasteiger partial charge in [0, 0.05) is 30.9 Å². The molecule has 0 spiro atoms. The quantitative estimate of drug-likeness (QED) is 0.299. The van der Waals surface area contributed by atoms with Gasteiger partial charge in [0.05, 0.1) is 13.1 Å². The summed E-state index contributed by atoms with van der Waals surface area (Å²) in [4.78, 5) is 13.4. The number of fused-ring (bicyclic) bond motifs is 5. The maximum atomic E-state index is 13.4. The molecule has 0 aromatic heterocycles. The highest BCUT2D eigenvalue weighted by Gasteiger charge is 2.60. The molecular formula is C42H61BrN2O. The Labute approximate surface area is 291 Å². The first-order valence-electron chi connectivity index (χ1n) is 19.1. The topological polar surface area (TPSA) is 29.1 Å². The van der Waals surface area contributed by atoms with Gasteiger partial charge in [-0.15, -0.1) is 0 Å². The molecule has 2 aromatic rings. The molecule has 4 aliphatic carbocycles. The highest BCUT2D eigenvalue weighted by Crippen LogP contribution is 2.68. The molecule has 1 aliphatic heterocycles. The van der Waals surface area contributed by atoms with E-state index in [4.69, 9.17) is 0 Å². The van der Waals surface area contributed by atoms with Gasteiger partial charge < -0.3 is 22.3 Å². The van der Waals surface area contributed by atoms with Gasteiger partial charge in [-0.3, -0.25) is 9.28 Å². The number of hydrogen-bond acceptors (Lipinski definition) is 1. The van der Waals surface area contributed by atoms with E-state index in [0.717, 1.165) is 73.0 Å². The zero-order valence-corrected chi connectivity index (χ0v) is 30.7. The van der Waals surface area contributed by atoms with Crippen LogP contribution in [0, 0.1) is 46.3 Å². The number of piperidine rings is 1. The van der Waals surface area contributed by atoms with Crippen molar-refractivity contribution >= 4 is 11.6 Å². The fraction of sp³-hybridized carbons (Fsp3) is 0.690. The molecule has 1 heterocycles. The molecule has 1 N–H and O–H groups in total. The van der Waals surface area contributed by atoms with E-state index < -0.39 is 0 Å². The van der Waals surface area contributed by atoms with Crippen molar-refractivity contribution in [3.63, 3.8) is 0 Å². The van der Waals surface area contributed by atoms with E-state index in [2.05, 4.69) is 86.8 Å². The molecule has 7 rings (SSSR count). The van der Waals surface area contributed by atoms with Gasteiger partial charge in [0.25, 0.3) is 0 Å². The van der Waals surface area contributed by atoms with Gasteiger partial charge in [0.15, 0.2) is 0 Å². The molecule has 1 amide bonds. The zero-order valence-electron chi connectivity index (χ0n) is 29.1. The number of likely N-dealkylation sites (tertiary alicyclic amines) is 1. The summed E-state index contributed by atoms with van der Waals surface area (Å²) in [7, 11) is 0. The number of amides is 1. The zero-order chi connectivity index (χ0) is 31.1. The van der Waals surface area contributed by atoms with Gasteiger partial charge in [0.1, 0.15) is 12.2 Å². The van der Waals surface area contributed by atoms with Crippen molar-refractivity contribution < 1.29 is 21.8 Å². The fourth-order valence-corrected chi connectivity index (χ4v) is 12.5. The average Bonchev–Trinajstić information content (AvgIpc) is 3.42. The van der Waals surface area contributed by atoms with Crippen molar-refractivity contribution in [1.29, 1.82) is 0 Å². The van der Waals surface area contributed by atoms with Gasteiger partial charge in [-0.05, 0) is 116 Å². The van der Waals surface area contributed by atoms with Gasteiger partial charge in [-0.2, -0.15) is 0 Å². The number of benzene rings is 2. The van der Waals surface area contributed by atoms with Crippen LogP contribution in [0.1, 0.15) is 116 Å². The molecule has 0 radical (unpaired) electrons. The van der Waals surface area contributed by atoms with E-state index in [9.17, 15) is 4.79 Å². The third-order valence-corrected chi connectivity index (χ3v) is 15.0. The van der Waals surface area contributed by atoms with Crippen molar-refractivity contribution in [2.45, 2.75) is 123 Å². The van der Waals surface area contributed by atoms with Crippen molar-refractivity contribution in [2.75, 3.05) is 13.1 Å². The van der Waals surface area contributed by atoms with Crippen molar-refractivity contribution in [3.8, 4) is 0 Å². The lowest BCUT2D eigenvalue weighted by Gasteiger charge is -2.61. The molecule has 1 unspecified atom stereocenters. The Balaban J connectivity index is 0.00000372. The number of carbonyl (C=O) groups is 1. The third-order valence-electron chi connectivity index (χ3n) is 15.0.